The van der Waals surface area contributed by atoms with Crippen molar-refractivity contribution >= 4 is 5.97 Å². The molecule has 0 aliphatic heterocycles. The van der Waals surface area contributed by atoms with E-state index in [1.54, 1.807) is 12.1 Å². The molecule has 0 radical (unpaired) electrons. The minimum Gasteiger partial charge on any atom is -0.481 e. The van der Waals surface area contributed by atoms with Gasteiger partial charge in [0.15, 0.2) is 0 Å². The monoisotopic (exact) mass is 208 g/mol. The highest BCUT2D eigenvalue weighted by Gasteiger charge is 2.35. The van der Waals surface area contributed by atoms with Gasteiger partial charge in [0.1, 0.15) is 5.82 Å². The van der Waals surface area contributed by atoms with Gasteiger partial charge in [0.05, 0.1) is 5.92 Å². The second-order valence-corrected chi connectivity index (χ2v) is 4.12. The maximum Gasteiger partial charge on any atom is 0.307 e. The quantitative estimate of drug-likeness (QED) is 0.825. The Kier molecular flexibility index (Phi) is 2.71. The first-order valence-corrected chi connectivity index (χ1v) is 5.14. The number of rotatable bonds is 4. The van der Waals surface area contributed by atoms with Crippen LogP contribution < -0.4 is 0 Å². The molecule has 1 aliphatic rings. The van der Waals surface area contributed by atoms with E-state index >= 15 is 0 Å². The standard InChI is InChI=1S/C12H13FO2/c13-10-3-1-2-8(6-10)7-11(12(14)15)9-4-5-9/h1-3,6,9,11H,4-5,7H2,(H,14,15). The third kappa shape index (κ3) is 2.55. The van der Waals surface area contributed by atoms with Gasteiger partial charge in [-0.1, -0.05) is 12.1 Å². The van der Waals surface area contributed by atoms with Gasteiger partial charge in [-0.2, -0.15) is 0 Å². The normalized spacial score (nSPS) is 17.4. The largest absolute Gasteiger partial charge is 0.481 e. The fraction of sp³-hybridized carbons (Fsp3) is 0.417. The fourth-order valence-electron chi connectivity index (χ4n) is 1.87. The topological polar surface area (TPSA) is 37.3 Å². The minimum atomic E-state index is -0.762. The van der Waals surface area contributed by atoms with Crippen LogP contribution in [-0.2, 0) is 11.2 Å². The third-order valence-corrected chi connectivity index (χ3v) is 2.85. The number of benzene rings is 1. The van der Waals surface area contributed by atoms with Crippen molar-refractivity contribution < 1.29 is 14.3 Å². The van der Waals surface area contributed by atoms with Crippen molar-refractivity contribution in [2.45, 2.75) is 19.3 Å². The Bertz CT molecular complexity index is 372. The van der Waals surface area contributed by atoms with Crippen molar-refractivity contribution in [2.75, 3.05) is 0 Å². The Labute approximate surface area is 87.7 Å². The zero-order valence-electron chi connectivity index (χ0n) is 8.32. The Morgan fingerprint density at radius 3 is 2.80 bits per heavy atom. The summed E-state index contributed by atoms with van der Waals surface area (Å²) < 4.78 is 12.9. The molecule has 1 N–H and O–H groups in total. The molecule has 1 aliphatic carbocycles. The van der Waals surface area contributed by atoms with Gasteiger partial charge >= 0.3 is 5.97 Å². The number of carboxylic acid groups (broad SMARTS) is 1. The van der Waals surface area contributed by atoms with E-state index < -0.39 is 5.97 Å². The van der Waals surface area contributed by atoms with Crippen LogP contribution in [0.25, 0.3) is 0 Å². The molecule has 0 spiro atoms. The lowest BCUT2D eigenvalue weighted by Gasteiger charge is -2.10. The van der Waals surface area contributed by atoms with E-state index in [0.29, 0.717) is 12.3 Å². The molecule has 80 valence electrons. The summed E-state index contributed by atoms with van der Waals surface area (Å²) in [6, 6.07) is 6.19. The zero-order chi connectivity index (χ0) is 10.8. The second kappa shape index (κ2) is 4.01. The number of aliphatic carboxylic acids is 1. The molecule has 1 atom stereocenters. The van der Waals surface area contributed by atoms with Gasteiger partial charge in [0.25, 0.3) is 0 Å². The summed E-state index contributed by atoms with van der Waals surface area (Å²) in [6.45, 7) is 0. The summed E-state index contributed by atoms with van der Waals surface area (Å²) in [7, 11) is 0. The fourth-order valence-corrected chi connectivity index (χ4v) is 1.87. The predicted octanol–water partition coefficient (Wildman–Crippen LogP) is 2.48. The van der Waals surface area contributed by atoms with Crippen LogP contribution in [0.15, 0.2) is 24.3 Å². The zero-order valence-corrected chi connectivity index (χ0v) is 8.32. The van der Waals surface area contributed by atoms with Crippen molar-refractivity contribution in [1.82, 2.24) is 0 Å². The number of carbonyl (C=O) groups is 1. The van der Waals surface area contributed by atoms with Crippen LogP contribution in [0.5, 0.6) is 0 Å². The highest BCUT2D eigenvalue weighted by Crippen LogP contribution is 2.38. The highest BCUT2D eigenvalue weighted by molar-refractivity contribution is 5.71. The smallest absolute Gasteiger partial charge is 0.307 e. The van der Waals surface area contributed by atoms with E-state index in [1.807, 2.05) is 0 Å². The molecule has 1 aromatic carbocycles. The number of halogens is 1. The number of carboxylic acids is 1. The molecule has 0 amide bonds. The molecule has 2 nitrogen and oxygen atoms in total. The molecule has 2 rings (SSSR count). The third-order valence-electron chi connectivity index (χ3n) is 2.85. The first kappa shape index (κ1) is 10.1. The van der Waals surface area contributed by atoms with Gasteiger partial charge in [0.2, 0.25) is 0 Å². The van der Waals surface area contributed by atoms with Crippen molar-refractivity contribution in [1.29, 1.82) is 0 Å². The van der Waals surface area contributed by atoms with Crippen molar-refractivity contribution in [3.63, 3.8) is 0 Å². The van der Waals surface area contributed by atoms with Crippen LogP contribution >= 0.6 is 0 Å². The van der Waals surface area contributed by atoms with Crippen LogP contribution in [0, 0.1) is 17.7 Å². The van der Waals surface area contributed by atoms with Crippen molar-refractivity contribution in [3.8, 4) is 0 Å². The maximum absolute atomic E-state index is 12.9. The van der Waals surface area contributed by atoms with E-state index in [0.717, 1.165) is 18.4 Å². The molecule has 0 aromatic heterocycles. The van der Waals surface area contributed by atoms with E-state index in [-0.39, 0.29) is 11.7 Å². The van der Waals surface area contributed by atoms with E-state index in [2.05, 4.69) is 0 Å². The molecule has 0 saturated heterocycles. The summed E-state index contributed by atoms with van der Waals surface area (Å²) in [4.78, 5) is 11.0. The summed E-state index contributed by atoms with van der Waals surface area (Å²) in [5.74, 6) is -1.10. The van der Waals surface area contributed by atoms with E-state index in [9.17, 15) is 9.18 Å². The Morgan fingerprint density at radius 1 is 1.53 bits per heavy atom. The van der Waals surface area contributed by atoms with Gasteiger partial charge in [-0.3, -0.25) is 4.79 Å². The van der Waals surface area contributed by atoms with Crippen molar-refractivity contribution in [3.05, 3.63) is 35.6 Å². The van der Waals surface area contributed by atoms with Crippen LogP contribution in [0.2, 0.25) is 0 Å². The van der Waals surface area contributed by atoms with Crippen LogP contribution in [0.3, 0.4) is 0 Å². The molecular weight excluding hydrogens is 195 g/mol. The average molecular weight is 208 g/mol. The van der Waals surface area contributed by atoms with Gasteiger partial charge in [-0.05, 0) is 42.9 Å². The first-order chi connectivity index (χ1) is 7.16. The Balaban J connectivity index is 2.08. The Hall–Kier alpha value is -1.38. The molecule has 1 aromatic rings. The SMILES string of the molecule is O=C(O)C(Cc1cccc(F)c1)C1CC1. The molecule has 1 unspecified atom stereocenters. The first-order valence-electron chi connectivity index (χ1n) is 5.14. The van der Waals surface area contributed by atoms with Crippen LogP contribution in [0.1, 0.15) is 18.4 Å². The van der Waals surface area contributed by atoms with E-state index in [1.165, 1.54) is 12.1 Å². The van der Waals surface area contributed by atoms with Gasteiger partial charge in [0, 0.05) is 0 Å². The molecule has 1 saturated carbocycles. The molecule has 1 fully saturated rings. The molecular formula is C12H13FO2. The van der Waals surface area contributed by atoms with Crippen molar-refractivity contribution in [2.24, 2.45) is 11.8 Å². The maximum atomic E-state index is 12.9. The molecule has 0 heterocycles. The van der Waals surface area contributed by atoms with Gasteiger partial charge < -0.3 is 5.11 Å². The predicted molar refractivity (Wildman–Crippen MR) is 54.0 cm³/mol. The molecule has 15 heavy (non-hydrogen) atoms. The lowest BCUT2D eigenvalue weighted by Crippen LogP contribution is -2.18. The average Bonchev–Trinajstić information content (AvgIpc) is 2.97. The highest BCUT2D eigenvalue weighted by atomic mass is 19.1. The number of hydrogen-bond acceptors (Lipinski definition) is 1. The van der Waals surface area contributed by atoms with Gasteiger partial charge in [-0.15, -0.1) is 0 Å². The van der Waals surface area contributed by atoms with Crippen LogP contribution in [0.4, 0.5) is 4.39 Å². The minimum absolute atomic E-state index is 0.297. The molecule has 0 bridgehead atoms. The second-order valence-electron chi connectivity index (χ2n) is 4.12. The van der Waals surface area contributed by atoms with Crippen LogP contribution in [-0.4, -0.2) is 11.1 Å². The molecule has 3 heteroatoms. The summed E-state index contributed by atoms with van der Waals surface area (Å²) in [5, 5.41) is 9.02. The lowest BCUT2D eigenvalue weighted by molar-refractivity contribution is -0.142. The van der Waals surface area contributed by atoms with E-state index in [4.69, 9.17) is 5.11 Å². The summed E-state index contributed by atoms with van der Waals surface area (Å²) in [5.41, 5.74) is 0.773. The summed E-state index contributed by atoms with van der Waals surface area (Å²) >= 11 is 0. The lowest BCUT2D eigenvalue weighted by atomic mass is 9.95. The van der Waals surface area contributed by atoms with Gasteiger partial charge in [-0.25, -0.2) is 4.39 Å². The Morgan fingerprint density at radius 2 is 2.27 bits per heavy atom. The number of hydrogen-bond donors (Lipinski definition) is 1. The summed E-state index contributed by atoms with van der Waals surface area (Å²) in [6.07, 6.45) is 2.43.